The minimum Gasteiger partial charge on any atom is -0.316 e. The standard InChI is InChI=1S/C27H35N/c1-2-8-21(9-3-1)10-7-19-28-20-27-17-6-13-26(27)25-15-14-22-11-4-5-12-23(22)24(25)16-18-27/h1-5,8-9,11-12,24-26,28H,6-7,10,13-20H2/t24-,25-,26+,27+/m1/s1. The Morgan fingerprint density at radius 3 is 2.68 bits per heavy atom. The van der Waals surface area contributed by atoms with E-state index >= 15 is 0 Å². The van der Waals surface area contributed by atoms with Gasteiger partial charge in [-0.05, 0) is 97.8 Å². The second kappa shape index (κ2) is 8.03. The molecule has 0 spiro atoms. The van der Waals surface area contributed by atoms with Crippen molar-refractivity contribution in [2.45, 2.75) is 63.7 Å². The van der Waals surface area contributed by atoms with Crippen LogP contribution < -0.4 is 5.32 Å². The van der Waals surface area contributed by atoms with Gasteiger partial charge in [0.25, 0.3) is 0 Å². The molecule has 3 aliphatic rings. The molecule has 2 aromatic rings. The van der Waals surface area contributed by atoms with Crippen LogP contribution in [0, 0.1) is 17.3 Å². The number of hydrogen-bond donors (Lipinski definition) is 1. The molecule has 0 amide bonds. The van der Waals surface area contributed by atoms with Gasteiger partial charge >= 0.3 is 0 Å². The zero-order valence-corrected chi connectivity index (χ0v) is 17.2. The second-order valence-electron chi connectivity index (χ2n) is 9.67. The van der Waals surface area contributed by atoms with E-state index in [4.69, 9.17) is 0 Å². The van der Waals surface area contributed by atoms with E-state index in [1.807, 2.05) is 0 Å². The molecule has 2 aromatic carbocycles. The van der Waals surface area contributed by atoms with Gasteiger partial charge < -0.3 is 5.32 Å². The van der Waals surface area contributed by atoms with E-state index in [1.54, 1.807) is 11.1 Å². The summed E-state index contributed by atoms with van der Waals surface area (Å²) in [5.74, 6) is 2.75. The Balaban J connectivity index is 1.20. The number of fused-ring (bicyclic) bond motifs is 5. The lowest BCUT2D eigenvalue weighted by molar-refractivity contribution is 0.0442. The number of benzene rings is 2. The monoisotopic (exact) mass is 373 g/mol. The average molecular weight is 374 g/mol. The highest BCUT2D eigenvalue weighted by Gasteiger charge is 2.52. The number of hydrogen-bond acceptors (Lipinski definition) is 1. The Labute approximate surface area is 170 Å². The zero-order valence-electron chi connectivity index (χ0n) is 17.2. The maximum Gasteiger partial charge on any atom is 0.00106 e. The van der Waals surface area contributed by atoms with Gasteiger partial charge in [0.2, 0.25) is 0 Å². The van der Waals surface area contributed by atoms with Gasteiger partial charge in [0, 0.05) is 6.54 Å². The summed E-state index contributed by atoms with van der Waals surface area (Å²) in [6, 6.07) is 20.3. The van der Waals surface area contributed by atoms with Crippen LogP contribution in [0.25, 0.3) is 0 Å². The molecule has 0 aliphatic heterocycles. The predicted molar refractivity (Wildman–Crippen MR) is 118 cm³/mol. The maximum atomic E-state index is 3.90. The molecule has 1 nitrogen and oxygen atoms in total. The van der Waals surface area contributed by atoms with Crippen molar-refractivity contribution in [3.8, 4) is 0 Å². The van der Waals surface area contributed by atoms with Crippen molar-refractivity contribution in [1.82, 2.24) is 5.32 Å². The van der Waals surface area contributed by atoms with Crippen LogP contribution in [-0.4, -0.2) is 13.1 Å². The number of aryl methyl sites for hydroxylation is 2. The van der Waals surface area contributed by atoms with Gasteiger partial charge in [-0.15, -0.1) is 0 Å². The summed E-state index contributed by atoms with van der Waals surface area (Å²) in [5, 5.41) is 3.90. The van der Waals surface area contributed by atoms with Crippen LogP contribution in [0.2, 0.25) is 0 Å². The summed E-state index contributed by atoms with van der Waals surface area (Å²) in [7, 11) is 0. The minimum atomic E-state index is 0.597. The summed E-state index contributed by atoms with van der Waals surface area (Å²) >= 11 is 0. The fourth-order valence-corrected chi connectivity index (χ4v) is 7.02. The van der Waals surface area contributed by atoms with Crippen molar-refractivity contribution in [2.24, 2.45) is 17.3 Å². The van der Waals surface area contributed by atoms with E-state index in [2.05, 4.69) is 59.9 Å². The highest BCUT2D eigenvalue weighted by Crippen LogP contribution is 2.60. The lowest BCUT2D eigenvalue weighted by Gasteiger charge is -2.51. The largest absolute Gasteiger partial charge is 0.316 e. The average Bonchev–Trinajstić information content (AvgIpc) is 3.18. The molecule has 2 fully saturated rings. The van der Waals surface area contributed by atoms with Crippen molar-refractivity contribution in [2.75, 3.05) is 13.1 Å². The molecule has 5 rings (SSSR count). The molecule has 3 aliphatic carbocycles. The van der Waals surface area contributed by atoms with Crippen LogP contribution in [-0.2, 0) is 12.8 Å². The fraction of sp³-hybridized carbons (Fsp3) is 0.556. The second-order valence-corrected chi connectivity index (χ2v) is 9.67. The summed E-state index contributed by atoms with van der Waals surface area (Å²) in [4.78, 5) is 0. The molecule has 0 saturated heterocycles. The highest BCUT2D eigenvalue weighted by atomic mass is 14.9. The lowest BCUT2D eigenvalue weighted by atomic mass is 9.55. The third-order valence-electron chi connectivity index (χ3n) is 8.30. The van der Waals surface area contributed by atoms with Gasteiger partial charge in [-0.1, -0.05) is 61.0 Å². The summed E-state index contributed by atoms with van der Waals surface area (Å²) in [6.07, 6.45) is 12.5. The summed E-state index contributed by atoms with van der Waals surface area (Å²) < 4.78 is 0. The van der Waals surface area contributed by atoms with Gasteiger partial charge in [-0.3, -0.25) is 0 Å². The van der Waals surface area contributed by atoms with E-state index in [0.29, 0.717) is 5.41 Å². The normalized spacial score (nSPS) is 31.1. The summed E-state index contributed by atoms with van der Waals surface area (Å²) in [5.41, 5.74) is 5.42. The molecule has 0 heterocycles. The van der Waals surface area contributed by atoms with Crippen LogP contribution in [0.5, 0.6) is 0 Å². The van der Waals surface area contributed by atoms with Crippen molar-refractivity contribution in [1.29, 1.82) is 0 Å². The van der Waals surface area contributed by atoms with Gasteiger partial charge in [0.15, 0.2) is 0 Å². The van der Waals surface area contributed by atoms with Gasteiger partial charge in [-0.25, -0.2) is 0 Å². The zero-order chi connectivity index (χ0) is 18.8. The Kier molecular flexibility index (Phi) is 5.28. The van der Waals surface area contributed by atoms with Crippen LogP contribution in [0.1, 0.15) is 67.6 Å². The van der Waals surface area contributed by atoms with Crippen molar-refractivity contribution < 1.29 is 0 Å². The third-order valence-corrected chi connectivity index (χ3v) is 8.30. The Morgan fingerprint density at radius 2 is 1.75 bits per heavy atom. The topological polar surface area (TPSA) is 12.0 Å². The van der Waals surface area contributed by atoms with Gasteiger partial charge in [0.05, 0.1) is 0 Å². The molecule has 0 bridgehead atoms. The Hall–Kier alpha value is -1.60. The quantitative estimate of drug-likeness (QED) is 0.600. The molecule has 28 heavy (non-hydrogen) atoms. The lowest BCUT2D eigenvalue weighted by Crippen LogP contribution is -2.46. The molecular formula is C27H35N. The van der Waals surface area contributed by atoms with Crippen LogP contribution in [0.15, 0.2) is 54.6 Å². The van der Waals surface area contributed by atoms with Crippen molar-refractivity contribution in [3.05, 3.63) is 71.3 Å². The van der Waals surface area contributed by atoms with Crippen LogP contribution in [0.4, 0.5) is 0 Å². The highest BCUT2D eigenvalue weighted by molar-refractivity contribution is 5.34. The molecule has 0 radical (unpaired) electrons. The molecule has 2 saturated carbocycles. The van der Waals surface area contributed by atoms with E-state index in [9.17, 15) is 0 Å². The smallest absolute Gasteiger partial charge is 0.00106 e. The van der Waals surface area contributed by atoms with E-state index in [1.165, 1.54) is 76.4 Å². The first-order valence-corrected chi connectivity index (χ1v) is 11.7. The molecule has 4 atom stereocenters. The van der Waals surface area contributed by atoms with Gasteiger partial charge in [-0.2, -0.15) is 0 Å². The van der Waals surface area contributed by atoms with Crippen molar-refractivity contribution >= 4 is 0 Å². The van der Waals surface area contributed by atoms with Crippen LogP contribution >= 0.6 is 0 Å². The molecule has 148 valence electrons. The molecule has 0 aromatic heterocycles. The van der Waals surface area contributed by atoms with Crippen molar-refractivity contribution in [3.63, 3.8) is 0 Å². The fourth-order valence-electron chi connectivity index (χ4n) is 7.02. The van der Waals surface area contributed by atoms with E-state index in [0.717, 1.165) is 17.8 Å². The first kappa shape index (κ1) is 18.4. The number of nitrogens with one attached hydrogen (secondary N) is 1. The minimum absolute atomic E-state index is 0.597. The molecule has 1 heteroatoms. The Morgan fingerprint density at radius 1 is 0.893 bits per heavy atom. The van der Waals surface area contributed by atoms with E-state index in [-0.39, 0.29) is 0 Å². The van der Waals surface area contributed by atoms with E-state index < -0.39 is 0 Å². The third kappa shape index (κ3) is 3.43. The first-order valence-electron chi connectivity index (χ1n) is 11.7. The first-order chi connectivity index (χ1) is 13.9. The molecular weight excluding hydrogens is 338 g/mol. The van der Waals surface area contributed by atoms with Gasteiger partial charge in [0.1, 0.15) is 0 Å². The molecule has 1 N–H and O–H groups in total. The van der Waals surface area contributed by atoms with Crippen LogP contribution in [0.3, 0.4) is 0 Å². The Bertz CT molecular complexity index is 782. The summed E-state index contributed by atoms with van der Waals surface area (Å²) in [6.45, 7) is 2.43. The predicted octanol–water partition coefficient (Wildman–Crippen LogP) is 6.14. The SMILES string of the molecule is c1ccc(CCCNC[C@@]23CCC[C@H]2[C@@H]2CCc4ccccc4[C@H]2CC3)cc1. The molecule has 0 unspecified atom stereocenters. The maximum absolute atomic E-state index is 3.90. The number of rotatable bonds is 6.